The van der Waals surface area contributed by atoms with Gasteiger partial charge in [0.25, 0.3) is 0 Å². The van der Waals surface area contributed by atoms with Crippen molar-refractivity contribution >= 4 is 37.2 Å². The number of Topliss-reactive ketones (excluding diaryl/α,β-unsaturated/α-hetero) is 1. The summed E-state index contributed by atoms with van der Waals surface area (Å²) in [5.74, 6) is -1.75. The third-order valence-electron chi connectivity index (χ3n) is 2.72. The van der Waals surface area contributed by atoms with Crippen molar-refractivity contribution in [1.82, 2.24) is 5.32 Å². The topological polar surface area (TPSA) is 104 Å². The maximum absolute atomic E-state index is 11.6. The molecule has 0 aliphatic heterocycles. The molecule has 7 heteroatoms. The van der Waals surface area contributed by atoms with Gasteiger partial charge in [0.15, 0.2) is 0 Å². The third kappa shape index (κ3) is 7.49. The Morgan fingerprint density at radius 2 is 1.82 bits per heavy atom. The first kappa shape index (κ1) is 19.7. The lowest BCUT2D eigenvalue weighted by Crippen LogP contribution is -2.40. The zero-order valence-electron chi connectivity index (χ0n) is 12.1. The van der Waals surface area contributed by atoms with E-state index in [-0.39, 0.29) is 37.9 Å². The summed E-state index contributed by atoms with van der Waals surface area (Å²) in [6.45, 7) is 1.37. The molecule has 22 heavy (non-hydrogen) atoms. The van der Waals surface area contributed by atoms with E-state index in [9.17, 15) is 14.4 Å². The molecule has 0 aliphatic carbocycles. The number of benzene rings is 1. The summed E-state index contributed by atoms with van der Waals surface area (Å²) >= 11 is 0. The van der Waals surface area contributed by atoms with Crippen molar-refractivity contribution in [2.45, 2.75) is 25.8 Å². The van der Waals surface area contributed by atoms with Gasteiger partial charge in [-0.25, -0.2) is 4.79 Å². The first-order chi connectivity index (χ1) is 9.88. The molecule has 1 amide bonds. The van der Waals surface area contributed by atoms with Crippen LogP contribution >= 0.6 is 13.5 Å². The van der Waals surface area contributed by atoms with E-state index in [4.69, 9.17) is 10.2 Å². The molecule has 1 aromatic rings. The first-order valence-electron chi connectivity index (χ1n) is 6.38. The molecule has 1 aromatic carbocycles. The Kier molecular flexibility index (Phi) is 8.62. The van der Waals surface area contributed by atoms with Crippen LogP contribution in [0.1, 0.15) is 25.3 Å². The Bertz CT molecular complexity index is 554. The average molecular weight is 325 g/mol. The Morgan fingerprint density at radius 3 is 2.32 bits per heavy atom. The van der Waals surface area contributed by atoms with Gasteiger partial charge in [0.05, 0.1) is 0 Å². The number of carbonyl (C=O) groups is 3. The van der Waals surface area contributed by atoms with Gasteiger partial charge in [0.1, 0.15) is 17.6 Å². The molecule has 0 aliphatic rings. The Labute approximate surface area is 135 Å². The van der Waals surface area contributed by atoms with Crippen LogP contribution in [0.5, 0.6) is 5.75 Å². The highest BCUT2D eigenvalue weighted by Gasteiger charge is 2.19. The Morgan fingerprint density at radius 1 is 1.23 bits per heavy atom. The molecule has 0 aromatic heterocycles. The lowest BCUT2D eigenvalue weighted by Gasteiger charge is -2.12. The van der Waals surface area contributed by atoms with E-state index in [0.717, 1.165) is 0 Å². The van der Waals surface area contributed by atoms with Crippen LogP contribution in [0.4, 0.5) is 0 Å². The Balaban J connectivity index is 0.00000441. The second kappa shape index (κ2) is 9.62. The first-order valence-corrected chi connectivity index (χ1v) is 6.38. The molecule has 6 nitrogen and oxygen atoms in total. The van der Waals surface area contributed by atoms with Crippen molar-refractivity contribution in [3.05, 3.63) is 35.9 Å². The van der Waals surface area contributed by atoms with E-state index < -0.39 is 17.9 Å². The molecule has 0 fully saturated rings. The highest BCUT2D eigenvalue weighted by molar-refractivity contribution is 7.59. The number of carbonyl (C=O) groups excluding carboxylic acids is 2. The summed E-state index contributed by atoms with van der Waals surface area (Å²) in [5.41, 5.74) is 0.693. The number of carboxylic acids is 1. The number of ketones is 1. The number of nitrogens with one attached hydrogen (secondary N) is 1. The summed E-state index contributed by atoms with van der Waals surface area (Å²) in [6.07, 6.45) is 2.86. The fourth-order valence-electron chi connectivity index (χ4n) is 1.58. The van der Waals surface area contributed by atoms with Gasteiger partial charge >= 0.3 is 5.97 Å². The van der Waals surface area contributed by atoms with Gasteiger partial charge < -0.3 is 20.3 Å². The number of phenols is 1. The zero-order chi connectivity index (χ0) is 15.8. The van der Waals surface area contributed by atoms with Crippen LogP contribution < -0.4 is 5.32 Å². The number of aromatic hydroxyl groups is 1. The number of rotatable bonds is 7. The SMILES string of the molecule is CC(=O)CCC(NC(=O)/C=C/c1ccc(O)cc1)C(=O)O.S. The maximum atomic E-state index is 11.6. The molecule has 1 unspecified atom stereocenters. The van der Waals surface area contributed by atoms with Gasteiger partial charge in [-0.3, -0.25) is 4.79 Å². The van der Waals surface area contributed by atoms with Crippen LogP contribution in [0.3, 0.4) is 0 Å². The second-order valence-corrected chi connectivity index (χ2v) is 4.56. The highest BCUT2D eigenvalue weighted by Crippen LogP contribution is 2.10. The van der Waals surface area contributed by atoms with Gasteiger partial charge in [-0.1, -0.05) is 12.1 Å². The molecule has 0 spiro atoms. The summed E-state index contributed by atoms with van der Waals surface area (Å²) in [5, 5.41) is 20.4. The predicted octanol–water partition coefficient (Wildman–Crippen LogP) is 1.46. The number of hydrogen-bond acceptors (Lipinski definition) is 4. The summed E-state index contributed by atoms with van der Waals surface area (Å²) < 4.78 is 0. The highest BCUT2D eigenvalue weighted by atomic mass is 32.1. The number of amides is 1. The van der Waals surface area contributed by atoms with E-state index >= 15 is 0 Å². The summed E-state index contributed by atoms with van der Waals surface area (Å²) in [6, 6.07) is 5.09. The molecule has 0 heterocycles. The van der Waals surface area contributed by atoms with E-state index in [1.54, 1.807) is 12.1 Å². The molecule has 1 atom stereocenters. The lowest BCUT2D eigenvalue weighted by molar-refractivity contribution is -0.141. The van der Waals surface area contributed by atoms with Crippen molar-refractivity contribution in [3.8, 4) is 5.75 Å². The van der Waals surface area contributed by atoms with E-state index in [2.05, 4.69) is 5.32 Å². The molecule has 1 rings (SSSR count). The quantitative estimate of drug-likeness (QED) is 0.658. The van der Waals surface area contributed by atoms with Crippen LogP contribution in [-0.4, -0.2) is 33.9 Å². The summed E-state index contributed by atoms with van der Waals surface area (Å²) in [7, 11) is 0. The van der Waals surface area contributed by atoms with Crippen LogP contribution in [0.25, 0.3) is 6.08 Å². The normalized spacial score (nSPS) is 11.5. The van der Waals surface area contributed by atoms with Crippen molar-refractivity contribution < 1.29 is 24.6 Å². The minimum atomic E-state index is -1.18. The van der Waals surface area contributed by atoms with Crippen LogP contribution in [-0.2, 0) is 14.4 Å². The molecule has 0 saturated heterocycles. The maximum Gasteiger partial charge on any atom is 0.326 e. The molecule has 0 bridgehead atoms. The van der Waals surface area contributed by atoms with Crippen molar-refractivity contribution in [2.75, 3.05) is 0 Å². The summed E-state index contributed by atoms with van der Waals surface area (Å²) in [4.78, 5) is 33.5. The standard InChI is InChI=1S/C15H17NO5.H2S/c1-10(17)2-8-13(15(20)21)16-14(19)9-5-11-3-6-12(18)7-4-11;/h3-7,9,13,18H,2,8H2,1H3,(H,16,19)(H,20,21);1H2/b9-5+;. The van der Waals surface area contributed by atoms with Crippen LogP contribution in [0.15, 0.2) is 30.3 Å². The van der Waals surface area contributed by atoms with E-state index in [1.165, 1.54) is 31.2 Å². The van der Waals surface area contributed by atoms with Crippen LogP contribution in [0, 0.1) is 0 Å². The lowest BCUT2D eigenvalue weighted by atomic mass is 10.1. The van der Waals surface area contributed by atoms with E-state index in [0.29, 0.717) is 5.56 Å². The molecular formula is C15H19NO5S. The van der Waals surface area contributed by atoms with Gasteiger partial charge in [0.2, 0.25) is 5.91 Å². The molecule has 0 saturated carbocycles. The van der Waals surface area contributed by atoms with Gasteiger partial charge in [-0.15, -0.1) is 0 Å². The fraction of sp³-hybridized carbons (Fsp3) is 0.267. The van der Waals surface area contributed by atoms with Gasteiger partial charge in [-0.2, -0.15) is 13.5 Å². The second-order valence-electron chi connectivity index (χ2n) is 4.56. The molecular weight excluding hydrogens is 306 g/mol. The van der Waals surface area contributed by atoms with Crippen molar-refractivity contribution in [2.24, 2.45) is 0 Å². The number of carboxylic acid groups (broad SMARTS) is 1. The zero-order valence-corrected chi connectivity index (χ0v) is 13.1. The fourth-order valence-corrected chi connectivity index (χ4v) is 1.58. The van der Waals surface area contributed by atoms with Crippen molar-refractivity contribution in [3.63, 3.8) is 0 Å². The predicted molar refractivity (Wildman–Crippen MR) is 87.0 cm³/mol. The largest absolute Gasteiger partial charge is 0.508 e. The van der Waals surface area contributed by atoms with E-state index in [1.807, 2.05) is 0 Å². The number of phenolic OH excluding ortho intramolecular Hbond substituents is 1. The monoisotopic (exact) mass is 325 g/mol. The Hall–Kier alpha value is -2.28. The molecule has 120 valence electrons. The van der Waals surface area contributed by atoms with Crippen molar-refractivity contribution in [1.29, 1.82) is 0 Å². The van der Waals surface area contributed by atoms with Gasteiger partial charge in [0, 0.05) is 12.5 Å². The minimum Gasteiger partial charge on any atom is -0.508 e. The molecule has 3 N–H and O–H groups in total. The third-order valence-corrected chi connectivity index (χ3v) is 2.72. The number of aliphatic carboxylic acids is 1. The minimum absolute atomic E-state index is 0. The number of hydrogen-bond donors (Lipinski definition) is 3. The average Bonchev–Trinajstić information content (AvgIpc) is 2.42. The smallest absolute Gasteiger partial charge is 0.326 e. The van der Waals surface area contributed by atoms with Gasteiger partial charge in [-0.05, 0) is 37.1 Å². The molecule has 0 radical (unpaired) electrons. The van der Waals surface area contributed by atoms with Crippen LogP contribution in [0.2, 0.25) is 0 Å².